The number of hydrogen-bond donors (Lipinski definition) is 2. The van der Waals surface area contributed by atoms with E-state index in [2.05, 4.69) is 26.5 Å². The Morgan fingerprint density at radius 1 is 0.971 bits per heavy atom. The van der Waals surface area contributed by atoms with Crippen LogP contribution in [0.15, 0.2) is 66.7 Å². The lowest BCUT2D eigenvalue weighted by Gasteiger charge is -2.36. The van der Waals surface area contributed by atoms with Crippen molar-refractivity contribution in [3.63, 3.8) is 0 Å². The number of ether oxygens (including phenoxy) is 1. The van der Waals surface area contributed by atoms with Gasteiger partial charge in [0.25, 0.3) is 5.91 Å². The van der Waals surface area contributed by atoms with Crippen LogP contribution in [0.5, 0.6) is 5.75 Å². The first-order valence-corrected chi connectivity index (χ1v) is 12.4. The molecule has 1 aliphatic heterocycles. The Bertz CT molecular complexity index is 1200. The number of carbonyl (C=O) groups is 1. The van der Waals surface area contributed by atoms with Crippen LogP contribution in [0.25, 0.3) is 0 Å². The monoisotopic (exact) mass is 528 g/mol. The zero-order valence-electron chi connectivity index (χ0n) is 19.3. The maximum Gasteiger partial charge on any atom is 0.257 e. The maximum absolute atomic E-state index is 12.4. The van der Waals surface area contributed by atoms with Crippen LogP contribution in [0.4, 0.5) is 11.4 Å². The molecule has 9 heteroatoms. The molecular formula is C26H26Cl2N4O2S. The lowest BCUT2D eigenvalue weighted by atomic mass is 10.2. The summed E-state index contributed by atoms with van der Waals surface area (Å²) in [5, 5.41) is 7.33. The maximum atomic E-state index is 12.4. The number of rotatable bonds is 6. The van der Waals surface area contributed by atoms with E-state index in [4.69, 9.17) is 40.2 Å². The summed E-state index contributed by atoms with van der Waals surface area (Å²) < 4.78 is 5.11. The molecule has 2 N–H and O–H groups in total. The zero-order chi connectivity index (χ0) is 24.8. The van der Waals surface area contributed by atoms with Crippen molar-refractivity contribution < 1.29 is 9.53 Å². The fraction of sp³-hybridized carbons (Fsp3) is 0.231. The fourth-order valence-electron chi connectivity index (χ4n) is 3.94. The summed E-state index contributed by atoms with van der Waals surface area (Å²) in [5.41, 5.74) is 3.31. The van der Waals surface area contributed by atoms with Gasteiger partial charge in [-0.1, -0.05) is 41.4 Å². The number of benzene rings is 3. The molecule has 1 fully saturated rings. The van der Waals surface area contributed by atoms with Crippen molar-refractivity contribution in [3.05, 3.63) is 87.9 Å². The van der Waals surface area contributed by atoms with E-state index in [0.29, 0.717) is 22.0 Å². The molecule has 0 bridgehead atoms. The minimum Gasteiger partial charge on any atom is -0.497 e. The molecule has 1 aliphatic rings. The average molecular weight is 529 g/mol. The highest BCUT2D eigenvalue weighted by atomic mass is 35.5. The van der Waals surface area contributed by atoms with Crippen LogP contribution < -0.4 is 20.3 Å². The van der Waals surface area contributed by atoms with Gasteiger partial charge in [-0.05, 0) is 66.3 Å². The quantitative estimate of drug-likeness (QED) is 0.415. The molecule has 3 aromatic rings. The van der Waals surface area contributed by atoms with Gasteiger partial charge in [0, 0.05) is 49.0 Å². The van der Waals surface area contributed by atoms with Crippen LogP contribution in [-0.4, -0.2) is 49.2 Å². The van der Waals surface area contributed by atoms with Gasteiger partial charge in [-0.25, -0.2) is 0 Å². The van der Waals surface area contributed by atoms with Gasteiger partial charge in [0.2, 0.25) is 0 Å². The lowest BCUT2D eigenvalue weighted by molar-refractivity contribution is 0.0977. The summed E-state index contributed by atoms with van der Waals surface area (Å²) in [6, 6.07) is 20.5. The Labute approximate surface area is 220 Å². The SMILES string of the molecule is COc1ccc(C(=O)NC(=S)Nc2ccc(N3CCN(Cc4ccccc4Cl)CC3)c(Cl)c2)cc1. The highest BCUT2D eigenvalue weighted by Crippen LogP contribution is 2.30. The van der Waals surface area contributed by atoms with Crippen LogP contribution >= 0.6 is 35.4 Å². The molecule has 1 amide bonds. The second kappa shape index (κ2) is 11.7. The normalized spacial score (nSPS) is 13.9. The van der Waals surface area contributed by atoms with Crippen molar-refractivity contribution in [2.24, 2.45) is 0 Å². The standard InChI is InChI=1S/C26H26Cl2N4O2S/c1-34-21-9-6-18(7-10-21)25(33)30-26(35)29-20-8-11-24(23(28)16-20)32-14-12-31(13-15-32)17-19-4-2-3-5-22(19)27/h2-11,16H,12-15,17H2,1H3,(H2,29,30,33,35). The van der Waals surface area contributed by atoms with Crippen molar-refractivity contribution in [2.45, 2.75) is 6.54 Å². The number of methoxy groups -OCH3 is 1. The number of nitrogens with one attached hydrogen (secondary N) is 2. The first kappa shape index (κ1) is 25.3. The lowest BCUT2D eigenvalue weighted by Crippen LogP contribution is -2.46. The highest BCUT2D eigenvalue weighted by molar-refractivity contribution is 7.80. The molecule has 0 aromatic heterocycles. The van der Waals surface area contributed by atoms with Crippen LogP contribution in [0, 0.1) is 0 Å². The van der Waals surface area contributed by atoms with Gasteiger partial charge < -0.3 is 15.0 Å². The largest absolute Gasteiger partial charge is 0.497 e. The number of thiocarbonyl (C=S) groups is 1. The third-order valence-electron chi connectivity index (χ3n) is 5.85. The first-order chi connectivity index (χ1) is 16.9. The zero-order valence-corrected chi connectivity index (χ0v) is 21.6. The van der Waals surface area contributed by atoms with Gasteiger partial charge >= 0.3 is 0 Å². The summed E-state index contributed by atoms with van der Waals surface area (Å²) in [4.78, 5) is 17.1. The molecule has 182 valence electrons. The van der Waals surface area contributed by atoms with E-state index in [1.54, 1.807) is 31.4 Å². The fourth-order valence-corrected chi connectivity index (χ4v) is 4.64. The van der Waals surface area contributed by atoms with E-state index in [1.807, 2.05) is 36.4 Å². The number of hydrogen-bond acceptors (Lipinski definition) is 5. The smallest absolute Gasteiger partial charge is 0.257 e. The summed E-state index contributed by atoms with van der Waals surface area (Å²) in [5.74, 6) is 0.376. The number of anilines is 2. The van der Waals surface area contributed by atoms with E-state index < -0.39 is 0 Å². The van der Waals surface area contributed by atoms with Crippen molar-refractivity contribution in [1.82, 2.24) is 10.2 Å². The Hall–Kier alpha value is -2.84. The number of piperazine rings is 1. The van der Waals surface area contributed by atoms with Crippen LogP contribution in [0.1, 0.15) is 15.9 Å². The molecule has 1 saturated heterocycles. The van der Waals surface area contributed by atoms with E-state index in [1.165, 1.54) is 0 Å². The molecule has 0 atom stereocenters. The van der Waals surface area contributed by atoms with Crippen molar-refractivity contribution >= 4 is 57.8 Å². The molecule has 4 rings (SSSR count). The Morgan fingerprint density at radius 2 is 1.69 bits per heavy atom. The van der Waals surface area contributed by atoms with Crippen molar-refractivity contribution in [1.29, 1.82) is 0 Å². The number of halogens is 2. The first-order valence-electron chi connectivity index (χ1n) is 11.2. The molecule has 6 nitrogen and oxygen atoms in total. The highest BCUT2D eigenvalue weighted by Gasteiger charge is 2.20. The average Bonchev–Trinajstić information content (AvgIpc) is 2.86. The molecule has 35 heavy (non-hydrogen) atoms. The molecule has 3 aromatic carbocycles. The van der Waals surface area contributed by atoms with Gasteiger partial charge in [-0.2, -0.15) is 0 Å². The van der Waals surface area contributed by atoms with E-state index >= 15 is 0 Å². The van der Waals surface area contributed by atoms with E-state index in [9.17, 15) is 4.79 Å². The number of nitrogens with zero attached hydrogens (tertiary/aromatic N) is 2. The Kier molecular flexibility index (Phi) is 8.46. The summed E-state index contributed by atoms with van der Waals surface area (Å²) in [6.45, 7) is 4.41. The predicted octanol–water partition coefficient (Wildman–Crippen LogP) is 5.45. The van der Waals surface area contributed by atoms with Gasteiger partial charge in [-0.15, -0.1) is 0 Å². The van der Waals surface area contributed by atoms with Crippen molar-refractivity contribution in [2.75, 3.05) is 43.5 Å². The van der Waals surface area contributed by atoms with Crippen LogP contribution in [0.2, 0.25) is 10.0 Å². The van der Waals surface area contributed by atoms with Gasteiger partial charge in [0.1, 0.15) is 5.75 Å². The van der Waals surface area contributed by atoms with Gasteiger partial charge in [-0.3, -0.25) is 15.0 Å². The molecule has 1 heterocycles. The summed E-state index contributed by atoms with van der Waals surface area (Å²) >= 11 is 18.2. The summed E-state index contributed by atoms with van der Waals surface area (Å²) in [6.07, 6.45) is 0. The molecule has 0 radical (unpaired) electrons. The predicted molar refractivity (Wildman–Crippen MR) is 147 cm³/mol. The van der Waals surface area contributed by atoms with Crippen LogP contribution in [-0.2, 0) is 6.54 Å². The number of amides is 1. The van der Waals surface area contributed by atoms with Crippen molar-refractivity contribution in [3.8, 4) is 5.75 Å². The molecule has 0 saturated carbocycles. The number of carbonyl (C=O) groups excluding carboxylic acids is 1. The van der Waals surface area contributed by atoms with Gasteiger partial charge in [0.15, 0.2) is 5.11 Å². The third kappa shape index (κ3) is 6.64. The Morgan fingerprint density at radius 3 is 2.34 bits per heavy atom. The second-order valence-electron chi connectivity index (χ2n) is 8.16. The summed E-state index contributed by atoms with van der Waals surface area (Å²) in [7, 11) is 1.58. The van der Waals surface area contributed by atoms with E-state index in [0.717, 1.165) is 49.0 Å². The Balaban J connectivity index is 1.30. The molecular weight excluding hydrogens is 503 g/mol. The second-order valence-corrected chi connectivity index (χ2v) is 9.38. The molecule has 0 spiro atoms. The van der Waals surface area contributed by atoms with E-state index in [-0.39, 0.29) is 11.0 Å². The minimum absolute atomic E-state index is 0.197. The van der Waals surface area contributed by atoms with Crippen LogP contribution in [0.3, 0.4) is 0 Å². The molecule has 0 aliphatic carbocycles. The topological polar surface area (TPSA) is 56.8 Å². The minimum atomic E-state index is -0.303. The molecule has 0 unspecified atom stereocenters. The van der Waals surface area contributed by atoms with Gasteiger partial charge in [0.05, 0.1) is 17.8 Å². The third-order valence-corrected chi connectivity index (χ3v) is 6.73.